The third-order valence-corrected chi connectivity index (χ3v) is 3.01. The van der Waals surface area contributed by atoms with E-state index >= 15 is 0 Å². The molecule has 2 aromatic carbocycles. The molecule has 0 aliphatic rings. The van der Waals surface area contributed by atoms with Gasteiger partial charge in [0.15, 0.2) is 23.1 Å². The van der Waals surface area contributed by atoms with Gasteiger partial charge in [-0.1, -0.05) is 18.2 Å². The van der Waals surface area contributed by atoms with E-state index in [0.717, 1.165) is 0 Å². The second-order valence-corrected chi connectivity index (χ2v) is 4.49. The van der Waals surface area contributed by atoms with Crippen molar-refractivity contribution in [2.24, 2.45) is 0 Å². The largest absolute Gasteiger partial charge is 0.508 e. The molecule has 0 spiro atoms. The van der Waals surface area contributed by atoms with Crippen molar-refractivity contribution < 1.29 is 23.8 Å². The Kier molecular flexibility index (Phi) is 4.78. The molecule has 2 aromatic rings. The van der Waals surface area contributed by atoms with Crippen molar-refractivity contribution >= 4 is 11.9 Å². The van der Waals surface area contributed by atoms with Crippen LogP contribution in [0.4, 0.5) is 4.39 Å². The summed E-state index contributed by atoms with van der Waals surface area (Å²) in [5.41, 5.74) is 0.806. The van der Waals surface area contributed by atoms with Gasteiger partial charge in [-0.05, 0) is 35.9 Å². The van der Waals surface area contributed by atoms with Crippen molar-refractivity contribution in [3.05, 3.63) is 59.4 Å². The minimum atomic E-state index is -0.577. The lowest BCUT2D eigenvalue weighted by Crippen LogP contribution is -1.96. The average molecular weight is 302 g/mol. The molecular formula is C17H15FO4. The molecule has 0 aromatic heterocycles. The van der Waals surface area contributed by atoms with E-state index in [1.54, 1.807) is 18.2 Å². The quantitative estimate of drug-likeness (QED) is 0.679. The molecule has 4 nitrogen and oxygen atoms in total. The van der Waals surface area contributed by atoms with E-state index in [-0.39, 0.29) is 23.0 Å². The fraction of sp³-hybridized carbons (Fsp3) is 0.118. The molecule has 0 fully saturated rings. The molecule has 0 aliphatic heterocycles. The van der Waals surface area contributed by atoms with Crippen molar-refractivity contribution in [2.45, 2.75) is 0 Å². The maximum Gasteiger partial charge on any atom is 0.196 e. The standard InChI is InChI=1S/C17H15FO4/c1-21-16-9-11(8-14(18)17(16)22-2)6-7-15(20)12-4-3-5-13(19)10-12/h3-10,19H,1-2H3/b7-6+. The van der Waals surface area contributed by atoms with Crippen LogP contribution in [0.3, 0.4) is 0 Å². The minimum Gasteiger partial charge on any atom is -0.508 e. The summed E-state index contributed by atoms with van der Waals surface area (Å²) < 4.78 is 23.8. The Labute approximate surface area is 127 Å². The Hall–Kier alpha value is -2.82. The average Bonchev–Trinajstić information content (AvgIpc) is 2.51. The van der Waals surface area contributed by atoms with Gasteiger partial charge >= 0.3 is 0 Å². The smallest absolute Gasteiger partial charge is 0.196 e. The van der Waals surface area contributed by atoms with Gasteiger partial charge in [-0.15, -0.1) is 0 Å². The van der Waals surface area contributed by atoms with E-state index in [2.05, 4.69) is 0 Å². The Bertz CT molecular complexity index is 723. The number of hydrogen-bond donors (Lipinski definition) is 1. The molecule has 2 rings (SSSR count). The number of aromatic hydroxyl groups is 1. The Balaban J connectivity index is 2.26. The van der Waals surface area contributed by atoms with Crippen LogP contribution in [-0.4, -0.2) is 25.1 Å². The number of phenolic OH excluding ortho intramolecular Hbond substituents is 1. The van der Waals surface area contributed by atoms with Gasteiger partial charge in [-0.2, -0.15) is 0 Å². The SMILES string of the molecule is COc1cc(/C=C/C(=O)c2cccc(O)c2)cc(F)c1OC. The van der Waals surface area contributed by atoms with Gasteiger partial charge in [-0.3, -0.25) is 4.79 Å². The summed E-state index contributed by atoms with van der Waals surface area (Å²) in [4.78, 5) is 12.0. The second kappa shape index (κ2) is 6.76. The lowest BCUT2D eigenvalue weighted by Gasteiger charge is -2.09. The van der Waals surface area contributed by atoms with Gasteiger partial charge < -0.3 is 14.6 Å². The monoisotopic (exact) mass is 302 g/mol. The molecule has 114 valence electrons. The molecule has 0 unspecified atom stereocenters. The zero-order chi connectivity index (χ0) is 16.1. The lowest BCUT2D eigenvalue weighted by molar-refractivity contribution is 0.104. The van der Waals surface area contributed by atoms with Gasteiger partial charge in [0.25, 0.3) is 0 Å². The van der Waals surface area contributed by atoms with Crippen LogP contribution in [0.25, 0.3) is 6.08 Å². The first-order valence-electron chi connectivity index (χ1n) is 6.48. The molecule has 1 N–H and O–H groups in total. The van der Waals surface area contributed by atoms with Crippen LogP contribution in [0.1, 0.15) is 15.9 Å². The van der Waals surface area contributed by atoms with Crippen LogP contribution in [0, 0.1) is 5.82 Å². The van der Waals surface area contributed by atoms with Gasteiger partial charge in [0, 0.05) is 5.56 Å². The van der Waals surface area contributed by atoms with Crippen LogP contribution < -0.4 is 9.47 Å². The maximum atomic E-state index is 13.8. The first-order chi connectivity index (χ1) is 10.5. The third-order valence-electron chi connectivity index (χ3n) is 3.01. The highest BCUT2D eigenvalue weighted by Gasteiger charge is 2.11. The minimum absolute atomic E-state index is 0.0106. The molecular weight excluding hydrogens is 287 g/mol. The second-order valence-electron chi connectivity index (χ2n) is 4.49. The predicted octanol–water partition coefficient (Wildman–Crippen LogP) is 3.44. The number of carbonyl (C=O) groups is 1. The molecule has 22 heavy (non-hydrogen) atoms. The first kappa shape index (κ1) is 15.6. The van der Waals surface area contributed by atoms with Crippen molar-refractivity contribution in [1.82, 2.24) is 0 Å². The number of ketones is 1. The number of phenols is 1. The number of rotatable bonds is 5. The van der Waals surface area contributed by atoms with Crippen molar-refractivity contribution in [3.8, 4) is 17.2 Å². The predicted molar refractivity (Wildman–Crippen MR) is 81.0 cm³/mol. The summed E-state index contributed by atoms with van der Waals surface area (Å²) in [6, 6.07) is 8.81. The summed E-state index contributed by atoms with van der Waals surface area (Å²) in [5, 5.41) is 9.35. The maximum absolute atomic E-state index is 13.8. The zero-order valence-corrected chi connectivity index (χ0v) is 12.2. The number of benzene rings is 2. The number of hydrogen-bond acceptors (Lipinski definition) is 4. The molecule has 5 heteroatoms. The van der Waals surface area contributed by atoms with E-state index in [1.807, 2.05) is 0 Å². The highest BCUT2D eigenvalue weighted by molar-refractivity contribution is 6.07. The fourth-order valence-electron chi connectivity index (χ4n) is 1.96. The number of allylic oxidation sites excluding steroid dienone is 1. The molecule has 0 atom stereocenters. The summed E-state index contributed by atoms with van der Waals surface area (Å²) in [5.74, 6) is -0.611. The zero-order valence-electron chi connectivity index (χ0n) is 12.2. The number of methoxy groups -OCH3 is 2. The molecule has 0 bridgehead atoms. The number of halogens is 1. The van der Waals surface area contributed by atoms with E-state index in [0.29, 0.717) is 11.1 Å². The van der Waals surface area contributed by atoms with Gasteiger partial charge in [-0.25, -0.2) is 4.39 Å². The summed E-state index contributed by atoms with van der Waals surface area (Å²) >= 11 is 0. The summed E-state index contributed by atoms with van der Waals surface area (Å²) in [6.07, 6.45) is 2.77. The summed E-state index contributed by atoms with van der Waals surface area (Å²) in [7, 11) is 2.75. The molecule has 0 amide bonds. The first-order valence-corrected chi connectivity index (χ1v) is 6.48. The molecule has 0 radical (unpaired) electrons. The van der Waals surface area contributed by atoms with E-state index in [1.165, 1.54) is 44.6 Å². The Morgan fingerprint density at radius 2 is 1.95 bits per heavy atom. The Morgan fingerprint density at radius 1 is 1.18 bits per heavy atom. The van der Waals surface area contributed by atoms with Crippen molar-refractivity contribution in [1.29, 1.82) is 0 Å². The van der Waals surface area contributed by atoms with E-state index < -0.39 is 5.82 Å². The Morgan fingerprint density at radius 3 is 2.59 bits per heavy atom. The van der Waals surface area contributed by atoms with Gasteiger partial charge in [0.2, 0.25) is 0 Å². The topological polar surface area (TPSA) is 55.8 Å². The van der Waals surface area contributed by atoms with Gasteiger partial charge in [0.1, 0.15) is 5.75 Å². The van der Waals surface area contributed by atoms with Crippen LogP contribution in [0.5, 0.6) is 17.2 Å². The number of carbonyl (C=O) groups excluding carboxylic acids is 1. The highest BCUT2D eigenvalue weighted by Crippen LogP contribution is 2.31. The molecule has 0 saturated carbocycles. The fourth-order valence-corrected chi connectivity index (χ4v) is 1.96. The van der Waals surface area contributed by atoms with Crippen LogP contribution in [-0.2, 0) is 0 Å². The lowest BCUT2D eigenvalue weighted by atomic mass is 10.1. The molecule has 0 heterocycles. The van der Waals surface area contributed by atoms with Crippen LogP contribution in [0.2, 0.25) is 0 Å². The highest BCUT2D eigenvalue weighted by atomic mass is 19.1. The molecule has 0 saturated heterocycles. The van der Waals surface area contributed by atoms with E-state index in [9.17, 15) is 14.3 Å². The summed E-state index contributed by atoms with van der Waals surface area (Å²) in [6.45, 7) is 0. The number of ether oxygens (including phenoxy) is 2. The third kappa shape index (κ3) is 3.44. The molecule has 0 aliphatic carbocycles. The normalized spacial score (nSPS) is 10.7. The van der Waals surface area contributed by atoms with Crippen LogP contribution >= 0.6 is 0 Å². The van der Waals surface area contributed by atoms with Gasteiger partial charge in [0.05, 0.1) is 14.2 Å². The van der Waals surface area contributed by atoms with Crippen molar-refractivity contribution in [3.63, 3.8) is 0 Å². The van der Waals surface area contributed by atoms with E-state index in [4.69, 9.17) is 9.47 Å². The van der Waals surface area contributed by atoms with Crippen molar-refractivity contribution in [2.75, 3.05) is 14.2 Å². The van der Waals surface area contributed by atoms with Crippen LogP contribution in [0.15, 0.2) is 42.5 Å².